The fourth-order valence-corrected chi connectivity index (χ4v) is 3.16. The van der Waals surface area contributed by atoms with E-state index in [0.29, 0.717) is 5.15 Å². The van der Waals surface area contributed by atoms with Crippen molar-refractivity contribution in [3.63, 3.8) is 0 Å². The van der Waals surface area contributed by atoms with Gasteiger partial charge in [0.15, 0.2) is 0 Å². The first-order valence-electron chi connectivity index (χ1n) is 6.28. The standard InChI is InChI=1S/C16H13ClN2S.ClH/c1-10-3-4-13(11(2)7-10)14-9-20-16(19-14)12-5-6-18-15(17)8-12;/h3-9H,1-2H3;1H. The molecule has 0 unspecified atom stereocenters. The molecule has 0 aliphatic heterocycles. The summed E-state index contributed by atoms with van der Waals surface area (Å²) < 4.78 is 0. The molecule has 0 atom stereocenters. The van der Waals surface area contributed by atoms with Crippen LogP contribution in [0.15, 0.2) is 41.9 Å². The van der Waals surface area contributed by atoms with Crippen molar-refractivity contribution in [2.45, 2.75) is 13.8 Å². The average molecular weight is 337 g/mol. The van der Waals surface area contributed by atoms with E-state index in [1.807, 2.05) is 12.1 Å². The summed E-state index contributed by atoms with van der Waals surface area (Å²) in [4.78, 5) is 8.71. The lowest BCUT2D eigenvalue weighted by molar-refractivity contribution is 1.31. The van der Waals surface area contributed by atoms with Crippen LogP contribution >= 0.6 is 35.3 Å². The summed E-state index contributed by atoms with van der Waals surface area (Å²) in [5.74, 6) is 0. The molecule has 5 heteroatoms. The minimum Gasteiger partial charge on any atom is -0.245 e. The van der Waals surface area contributed by atoms with Crippen LogP contribution in [0.25, 0.3) is 21.8 Å². The third-order valence-electron chi connectivity index (χ3n) is 3.14. The van der Waals surface area contributed by atoms with Gasteiger partial charge in [-0.25, -0.2) is 9.97 Å². The highest BCUT2D eigenvalue weighted by Crippen LogP contribution is 2.31. The van der Waals surface area contributed by atoms with Gasteiger partial charge in [0.25, 0.3) is 0 Å². The summed E-state index contributed by atoms with van der Waals surface area (Å²) in [6.45, 7) is 4.22. The van der Waals surface area contributed by atoms with Gasteiger partial charge in [0, 0.05) is 22.7 Å². The monoisotopic (exact) mass is 336 g/mol. The van der Waals surface area contributed by atoms with E-state index < -0.39 is 0 Å². The van der Waals surface area contributed by atoms with Crippen LogP contribution in [0.5, 0.6) is 0 Å². The topological polar surface area (TPSA) is 25.8 Å². The van der Waals surface area contributed by atoms with Gasteiger partial charge in [-0.3, -0.25) is 0 Å². The van der Waals surface area contributed by atoms with Gasteiger partial charge in [0.2, 0.25) is 0 Å². The van der Waals surface area contributed by atoms with Crippen molar-refractivity contribution in [3.05, 3.63) is 58.2 Å². The fraction of sp³-hybridized carbons (Fsp3) is 0.125. The molecule has 0 saturated heterocycles. The number of pyridine rings is 1. The highest BCUT2D eigenvalue weighted by molar-refractivity contribution is 7.13. The molecule has 0 amide bonds. The molecular weight excluding hydrogens is 323 g/mol. The van der Waals surface area contributed by atoms with Crippen LogP contribution in [0.1, 0.15) is 11.1 Å². The Hall–Kier alpha value is -1.42. The Bertz CT molecular complexity index is 768. The zero-order valence-corrected chi connectivity index (χ0v) is 14.0. The number of hydrogen-bond acceptors (Lipinski definition) is 3. The van der Waals surface area contributed by atoms with Crippen molar-refractivity contribution in [1.82, 2.24) is 9.97 Å². The Morgan fingerprint density at radius 1 is 1.10 bits per heavy atom. The summed E-state index contributed by atoms with van der Waals surface area (Å²) in [6, 6.07) is 10.2. The summed E-state index contributed by atoms with van der Waals surface area (Å²) in [6.07, 6.45) is 1.70. The summed E-state index contributed by atoms with van der Waals surface area (Å²) in [5, 5.41) is 3.54. The highest BCUT2D eigenvalue weighted by Gasteiger charge is 2.09. The average Bonchev–Trinajstić information content (AvgIpc) is 2.88. The SMILES string of the molecule is Cc1ccc(-c2csc(-c3ccnc(Cl)c3)n2)c(C)c1.Cl. The Labute approximate surface area is 139 Å². The van der Waals surface area contributed by atoms with E-state index >= 15 is 0 Å². The number of aryl methyl sites for hydroxylation is 2. The van der Waals surface area contributed by atoms with Crippen LogP contribution in [-0.4, -0.2) is 9.97 Å². The van der Waals surface area contributed by atoms with E-state index in [4.69, 9.17) is 16.6 Å². The molecule has 0 N–H and O–H groups in total. The maximum atomic E-state index is 5.93. The van der Waals surface area contributed by atoms with Crippen molar-refractivity contribution in [2.75, 3.05) is 0 Å². The van der Waals surface area contributed by atoms with E-state index in [0.717, 1.165) is 16.3 Å². The van der Waals surface area contributed by atoms with Crippen molar-refractivity contribution >= 4 is 35.3 Å². The fourth-order valence-electron chi connectivity index (χ4n) is 2.17. The molecule has 0 spiro atoms. The van der Waals surface area contributed by atoms with Crippen LogP contribution in [0.3, 0.4) is 0 Å². The van der Waals surface area contributed by atoms with Crippen molar-refractivity contribution in [1.29, 1.82) is 0 Å². The molecule has 0 aliphatic carbocycles. The molecule has 3 aromatic rings. The Morgan fingerprint density at radius 3 is 2.62 bits per heavy atom. The lowest BCUT2D eigenvalue weighted by Crippen LogP contribution is -1.85. The Morgan fingerprint density at radius 2 is 1.90 bits per heavy atom. The first kappa shape index (κ1) is 16.0. The predicted molar refractivity (Wildman–Crippen MR) is 92.5 cm³/mol. The molecule has 0 bridgehead atoms. The second-order valence-electron chi connectivity index (χ2n) is 4.72. The lowest BCUT2D eigenvalue weighted by atomic mass is 10.0. The van der Waals surface area contributed by atoms with Crippen LogP contribution in [0.2, 0.25) is 5.15 Å². The van der Waals surface area contributed by atoms with E-state index in [2.05, 4.69) is 42.4 Å². The molecule has 0 fully saturated rings. The summed E-state index contributed by atoms with van der Waals surface area (Å²) in [5.41, 5.74) is 5.71. The summed E-state index contributed by atoms with van der Waals surface area (Å²) >= 11 is 7.55. The van der Waals surface area contributed by atoms with E-state index in [1.165, 1.54) is 16.7 Å². The second-order valence-corrected chi connectivity index (χ2v) is 5.97. The summed E-state index contributed by atoms with van der Waals surface area (Å²) in [7, 11) is 0. The van der Waals surface area contributed by atoms with Crippen LogP contribution in [0, 0.1) is 13.8 Å². The van der Waals surface area contributed by atoms with Crippen LogP contribution in [0.4, 0.5) is 0 Å². The van der Waals surface area contributed by atoms with Crippen molar-refractivity contribution < 1.29 is 0 Å². The van der Waals surface area contributed by atoms with Crippen molar-refractivity contribution in [3.8, 4) is 21.8 Å². The van der Waals surface area contributed by atoms with Gasteiger partial charge in [-0.1, -0.05) is 35.4 Å². The molecule has 0 radical (unpaired) electrons. The molecule has 21 heavy (non-hydrogen) atoms. The number of rotatable bonds is 2. The Kier molecular flexibility index (Phi) is 4.99. The molecule has 108 valence electrons. The smallest absolute Gasteiger partial charge is 0.129 e. The Balaban J connectivity index is 0.00000161. The third kappa shape index (κ3) is 3.43. The molecular formula is C16H14Cl2N2S. The minimum atomic E-state index is 0. The quantitative estimate of drug-likeness (QED) is 0.572. The largest absolute Gasteiger partial charge is 0.245 e. The molecule has 2 heterocycles. The normalized spacial score (nSPS) is 10.2. The van der Waals surface area contributed by atoms with Crippen LogP contribution in [-0.2, 0) is 0 Å². The van der Waals surface area contributed by atoms with Gasteiger partial charge < -0.3 is 0 Å². The van der Waals surface area contributed by atoms with Gasteiger partial charge >= 0.3 is 0 Å². The van der Waals surface area contributed by atoms with E-state index in [9.17, 15) is 0 Å². The zero-order valence-electron chi connectivity index (χ0n) is 11.6. The zero-order chi connectivity index (χ0) is 14.1. The number of halogens is 2. The molecule has 0 aliphatic rings. The number of hydrogen-bond donors (Lipinski definition) is 0. The number of nitrogens with zero attached hydrogens (tertiary/aromatic N) is 2. The number of thiazole rings is 1. The molecule has 2 nitrogen and oxygen atoms in total. The predicted octanol–water partition coefficient (Wildman–Crippen LogP) is 5.56. The van der Waals surface area contributed by atoms with Gasteiger partial charge in [-0.15, -0.1) is 23.7 Å². The van der Waals surface area contributed by atoms with Crippen LogP contribution < -0.4 is 0 Å². The molecule has 0 saturated carbocycles. The molecule has 1 aromatic carbocycles. The number of aromatic nitrogens is 2. The minimum absolute atomic E-state index is 0. The van der Waals surface area contributed by atoms with Gasteiger partial charge in [0.1, 0.15) is 10.2 Å². The third-order valence-corrected chi connectivity index (χ3v) is 4.23. The first-order chi connectivity index (χ1) is 9.63. The molecule has 2 aromatic heterocycles. The van der Waals surface area contributed by atoms with E-state index in [-0.39, 0.29) is 12.4 Å². The second kappa shape index (κ2) is 6.56. The van der Waals surface area contributed by atoms with Gasteiger partial charge in [-0.05, 0) is 31.5 Å². The van der Waals surface area contributed by atoms with Gasteiger partial charge in [0.05, 0.1) is 5.69 Å². The number of benzene rings is 1. The van der Waals surface area contributed by atoms with Gasteiger partial charge in [-0.2, -0.15) is 0 Å². The van der Waals surface area contributed by atoms with E-state index in [1.54, 1.807) is 17.5 Å². The highest BCUT2D eigenvalue weighted by atomic mass is 35.5. The molecule has 3 rings (SSSR count). The van der Waals surface area contributed by atoms with Crippen molar-refractivity contribution in [2.24, 2.45) is 0 Å². The maximum absolute atomic E-state index is 5.93. The maximum Gasteiger partial charge on any atom is 0.129 e. The lowest BCUT2D eigenvalue weighted by Gasteiger charge is -2.03. The first-order valence-corrected chi connectivity index (χ1v) is 7.54.